The highest BCUT2D eigenvalue weighted by molar-refractivity contribution is 7.89. The average Bonchev–Trinajstić information content (AvgIpc) is 2.45. The van der Waals surface area contributed by atoms with Gasteiger partial charge in [-0.2, -0.15) is 0 Å². The smallest absolute Gasteiger partial charge is 0.240 e. The van der Waals surface area contributed by atoms with E-state index >= 15 is 0 Å². The molecule has 124 valence electrons. The number of rotatable bonds is 9. The van der Waals surface area contributed by atoms with Gasteiger partial charge in [0.25, 0.3) is 0 Å². The van der Waals surface area contributed by atoms with Crippen LogP contribution < -0.4 is 4.72 Å². The van der Waals surface area contributed by atoms with Gasteiger partial charge in [-0.25, -0.2) is 13.1 Å². The van der Waals surface area contributed by atoms with Crippen molar-refractivity contribution >= 4 is 27.5 Å². The summed E-state index contributed by atoms with van der Waals surface area (Å²) >= 11 is 5.80. The maximum atomic E-state index is 12.1. The molecule has 0 heterocycles. The number of nitrogens with one attached hydrogen (secondary N) is 1. The van der Waals surface area contributed by atoms with Crippen molar-refractivity contribution in [2.24, 2.45) is 0 Å². The van der Waals surface area contributed by atoms with Crippen LogP contribution in [0.1, 0.15) is 33.1 Å². The Morgan fingerprint density at radius 1 is 1.27 bits per heavy atom. The molecule has 1 aromatic rings. The van der Waals surface area contributed by atoms with Crippen LogP contribution >= 0.6 is 11.6 Å². The molecule has 0 fully saturated rings. The van der Waals surface area contributed by atoms with Crippen LogP contribution in [0.5, 0.6) is 0 Å². The highest BCUT2D eigenvalue weighted by Gasteiger charge is 2.15. The van der Waals surface area contributed by atoms with Gasteiger partial charge in [0.1, 0.15) is 0 Å². The molecule has 0 saturated heterocycles. The normalized spacial score (nSPS) is 11.4. The van der Waals surface area contributed by atoms with E-state index < -0.39 is 10.0 Å². The zero-order valence-corrected chi connectivity index (χ0v) is 14.6. The van der Waals surface area contributed by atoms with Crippen molar-refractivity contribution in [3.8, 4) is 0 Å². The number of hydrogen-bond acceptors (Lipinski definition) is 3. The molecule has 0 atom stereocenters. The van der Waals surface area contributed by atoms with Gasteiger partial charge in [-0.1, -0.05) is 37.4 Å². The van der Waals surface area contributed by atoms with Gasteiger partial charge in [0, 0.05) is 31.6 Å². The van der Waals surface area contributed by atoms with E-state index in [1.54, 1.807) is 17.0 Å². The number of nitrogens with zero attached hydrogens (tertiary/aromatic N) is 1. The first-order valence-electron chi connectivity index (χ1n) is 7.37. The van der Waals surface area contributed by atoms with Crippen LogP contribution in [-0.2, 0) is 14.8 Å². The van der Waals surface area contributed by atoms with Crippen LogP contribution in [0.15, 0.2) is 29.2 Å². The van der Waals surface area contributed by atoms with Gasteiger partial charge in [0.05, 0.1) is 4.90 Å². The fraction of sp³-hybridized carbons (Fsp3) is 0.533. The minimum absolute atomic E-state index is 0.0435. The second-order valence-corrected chi connectivity index (χ2v) is 7.27. The van der Waals surface area contributed by atoms with E-state index in [2.05, 4.69) is 11.6 Å². The fourth-order valence-electron chi connectivity index (χ4n) is 2.01. The monoisotopic (exact) mass is 346 g/mol. The molecule has 0 bridgehead atoms. The van der Waals surface area contributed by atoms with Gasteiger partial charge in [-0.3, -0.25) is 4.79 Å². The lowest BCUT2D eigenvalue weighted by Crippen LogP contribution is -2.38. The van der Waals surface area contributed by atoms with Crippen LogP contribution in [0.3, 0.4) is 0 Å². The van der Waals surface area contributed by atoms with Crippen molar-refractivity contribution < 1.29 is 13.2 Å². The van der Waals surface area contributed by atoms with Gasteiger partial charge in [0.15, 0.2) is 0 Å². The first-order valence-corrected chi connectivity index (χ1v) is 9.23. The third-order valence-electron chi connectivity index (χ3n) is 3.26. The summed E-state index contributed by atoms with van der Waals surface area (Å²) in [5, 5.41) is 0.368. The third-order valence-corrected chi connectivity index (χ3v) is 4.95. The summed E-state index contributed by atoms with van der Waals surface area (Å²) in [4.78, 5) is 13.3. The molecule has 5 nitrogen and oxygen atoms in total. The van der Waals surface area contributed by atoms with Crippen LogP contribution in [0.25, 0.3) is 0 Å². The molecule has 0 aliphatic heterocycles. The molecular weight excluding hydrogens is 324 g/mol. The van der Waals surface area contributed by atoms with Crippen molar-refractivity contribution in [1.82, 2.24) is 9.62 Å². The molecule has 22 heavy (non-hydrogen) atoms. The van der Waals surface area contributed by atoms with Crippen LogP contribution in [0.2, 0.25) is 5.02 Å². The molecule has 0 aliphatic rings. The highest BCUT2D eigenvalue weighted by Crippen LogP contribution is 2.14. The van der Waals surface area contributed by atoms with Crippen molar-refractivity contribution in [3.63, 3.8) is 0 Å². The summed E-state index contributed by atoms with van der Waals surface area (Å²) in [6, 6.07) is 6.08. The van der Waals surface area contributed by atoms with E-state index in [-0.39, 0.29) is 17.3 Å². The van der Waals surface area contributed by atoms with E-state index in [1.807, 2.05) is 0 Å². The Kier molecular flexibility index (Phi) is 7.85. The minimum atomic E-state index is -3.60. The molecule has 0 radical (unpaired) electrons. The number of unbranched alkanes of at least 4 members (excludes halogenated alkanes) is 2. The second-order valence-electron chi connectivity index (χ2n) is 5.07. The van der Waals surface area contributed by atoms with Gasteiger partial charge >= 0.3 is 0 Å². The summed E-state index contributed by atoms with van der Waals surface area (Å²) in [7, 11) is -3.60. The molecule has 1 rings (SSSR count). The quantitative estimate of drug-likeness (QED) is 0.699. The topological polar surface area (TPSA) is 66.5 Å². The van der Waals surface area contributed by atoms with Crippen LogP contribution in [0.4, 0.5) is 0 Å². The summed E-state index contributed by atoms with van der Waals surface area (Å²) < 4.78 is 26.7. The van der Waals surface area contributed by atoms with Crippen LogP contribution in [-0.4, -0.2) is 38.9 Å². The number of sulfonamides is 1. The van der Waals surface area contributed by atoms with Gasteiger partial charge in [0.2, 0.25) is 15.9 Å². The Bertz CT molecular complexity index is 590. The highest BCUT2D eigenvalue weighted by atomic mass is 35.5. The minimum Gasteiger partial charge on any atom is -0.342 e. The number of hydrogen-bond donors (Lipinski definition) is 1. The maximum Gasteiger partial charge on any atom is 0.240 e. The lowest BCUT2D eigenvalue weighted by Gasteiger charge is -2.21. The van der Waals surface area contributed by atoms with Gasteiger partial charge in [-0.15, -0.1) is 0 Å². The van der Waals surface area contributed by atoms with E-state index in [0.29, 0.717) is 18.1 Å². The Morgan fingerprint density at radius 2 is 2.00 bits per heavy atom. The molecular formula is C15H23ClN2O3S. The maximum absolute atomic E-state index is 12.1. The van der Waals surface area contributed by atoms with E-state index in [9.17, 15) is 13.2 Å². The van der Waals surface area contributed by atoms with Gasteiger partial charge in [-0.05, 0) is 24.6 Å². The molecule has 1 N–H and O–H groups in total. The molecule has 7 heteroatoms. The van der Waals surface area contributed by atoms with Crippen LogP contribution in [0, 0.1) is 0 Å². The zero-order chi connectivity index (χ0) is 16.6. The Hall–Kier alpha value is -1.11. The number of amides is 1. The lowest BCUT2D eigenvalue weighted by atomic mass is 10.2. The summed E-state index contributed by atoms with van der Waals surface area (Å²) in [6.07, 6.45) is 3.06. The number of carbonyl (C=O) groups is 1. The molecule has 0 aromatic heterocycles. The Labute approximate surface area is 137 Å². The number of benzene rings is 1. The lowest BCUT2D eigenvalue weighted by molar-refractivity contribution is -0.128. The van der Waals surface area contributed by atoms with E-state index in [0.717, 1.165) is 19.3 Å². The van der Waals surface area contributed by atoms with Gasteiger partial charge < -0.3 is 4.90 Å². The number of halogens is 1. The van der Waals surface area contributed by atoms with Crippen molar-refractivity contribution in [1.29, 1.82) is 0 Å². The summed E-state index contributed by atoms with van der Waals surface area (Å²) in [5.41, 5.74) is 0. The first-order chi connectivity index (χ1) is 10.4. The predicted octanol–water partition coefficient (Wildman–Crippen LogP) is 2.66. The largest absolute Gasteiger partial charge is 0.342 e. The van der Waals surface area contributed by atoms with Crippen molar-refractivity contribution in [2.45, 2.75) is 38.0 Å². The molecule has 0 aliphatic carbocycles. The molecule has 0 unspecified atom stereocenters. The SMILES string of the molecule is CCCCCN(CCNS(=O)(=O)c1cccc(Cl)c1)C(C)=O. The zero-order valence-electron chi connectivity index (χ0n) is 13.0. The summed E-state index contributed by atoms with van der Waals surface area (Å²) in [6.45, 7) is 4.79. The van der Waals surface area contributed by atoms with Crippen molar-refractivity contribution in [3.05, 3.63) is 29.3 Å². The summed E-state index contributed by atoms with van der Waals surface area (Å²) in [5.74, 6) is -0.0435. The molecule has 0 saturated carbocycles. The van der Waals surface area contributed by atoms with Crippen molar-refractivity contribution in [2.75, 3.05) is 19.6 Å². The van der Waals surface area contributed by atoms with E-state index in [1.165, 1.54) is 19.1 Å². The fourth-order valence-corrected chi connectivity index (χ4v) is 3.33. The predicted molar refractivity (Wildman–Crippen MR) is 88.4 cm³/mol. The Morgan fingerprint density at radius 3 is 2.59 bits per heavy atom. The molecule has 1 amide bonds. The third kappa shape index (κ3) is 6.34. The van der Waals surface area contributed by atoms with E-state index in [4.69, 9.17) is 11.6 Å². The molecule has 0 spiro atoms. The number of carbonyl (C=O) groups excluding carboxylic acids is 1. The Balaban J connectivity index is 2.55. The average molecular weight is 347 g/mol. The standard InChI is InChI=1S/C15H23ClN2O3S/c1-3-4-5-10-18(13(2)19)11-9-17-22(20,21)15-8-6-7-14(16)12-15/h6-8,12,17H,3-5,9-11H2,1-2H3. The molecule has 1 aromatic carbocycles. The second kappa shape index (κ2) is 9.12. The first kappa shape index (κ1) is 18.9.